The molecule has 0 saturated heterocycles. The maximum absolute atomic E-state index is 11.0. The number of para-hydroxylation sites is 1. The minimum Gasteiger partial charge on any atom is -0.493 e. The molecule has 1 N–H and O–H groups in total. The normalized spacial score (nSPS) is 10.5. The van der Waals surface area contributed by atoms with Crippen LogP contribution in [0.15, 0.2) is 30.3 Å². The number of aryl methyl sites for hydroxylation is 1. The molecule has 2 rings (SSSR count). The number of nitrogens with zero attached hydrogens (tertiary/aromatic N) is 2. The van der Waals surface area contributed by atoms with Crippen LogP contribution in [0.3, 0.4) is 0 Å². The Hall–Kier alpha value is -2.30. The van der Waals surface area contributed by atoms with Gasteiger partial charge >= 0.3 is 5.97 Å². The number of rotatable bonds is 6. The van der Waals surface area contributed by atoms with Crippen molar-refractivity contribution < 1.29 is 14.6 Å². The highest BCUT2D eigenvalue weighted by atomic mass is 16.5. The third-order valence-electron chi connectivity index (χ3n) is 3.02. The topological polar surface area (TPSA) is 64.3 Å². The van der Waals surface area contributed by atoms with Crippen molar-refractivity contribution in [1.29, 1.82) is 0 Å². The Morgan fingerprint density at radius 3 is 2.80 bits per heavy atom. The molecule has 0 aliphatic heterocycles. The molecule has 0 spiro atoms. The maximum atomic E-state index is 11.0. The van der Waals surface area contributed by atoms with Gasteiger partial charge in [-0.2, -0.15) is 5.10 Å². The van der Waals surface area contributed by atoms with E-state index in [1.165, 1.54) is 0 Å². The van der Waals surface area contributed by atoms with Crippen molar-refractivity contribution in [2.75, 3.05) is 6.61 Å². The van der Waals surface area contributed by atoms with Crippen LogP contribution in [-0.2, 0) is 7.05 Å². The number of ether oxygens (including phenoxy) is 1. The predicted octanol–water partition coefficient (Wildman–Crippen LogP) is 2.96. The van der Waals surface area contributed by atoms with Crippen molar-refractivity contribution in [2.45, 2.75) is 19.8 Å². The number of hydrogen-bond donors (Lipinski definition) is 1. The van der Waals surface area contributed by atoms with Crippen LogP contribution >= 0.6 is 0 Å². The zero-order valence-electron chi connectivity index (χ0n) is 11.7. The minimum atomic E-state index is -1.03. The molecule has 1 aromatic carbocycles. The first-order valence-electron chi connectivity index (χ1n) is 6.63. The number of carboxylic acid groups (broad SMARTS) is 1. The van der Waals surface area contributed by atoms with Gasteiger partial charge in [0.25, 0.3) is 0 Å². The van der Waals surface area contributed by atoms with E-state index in [1.54, 1.807) is 17.8 Å². The van der Waals surface area contributed by atoms with Crippen molar-refractivity contribution in [2.24, 2.45) is 7.05 Å². The Labute approximate surface area is 117 Å². The first-order chi connectivity index (χ1) is 9.63. The average molecular weight is 274 g/mol. The standard InChI is InChI=1S/C15H18N2O3/c1-3-4-9-20-14-8-6-5-7-11(14)13-10-12(15(18)19)16-17(13)2/h5-8,10H,3-4,9H2,1-2H3,(H,18,19). The van der Waals surface area contributed by atoms with E-state index in [0.717, 1.165) is 29.8 Å². The summed E-state index contributed by atoms with van der Waals surface area (Å²) < 4.78 is 7.33. The van der Waals surface area contributed by atoms with Crippen molar-refractivity contribution >= 4 is 5.97 Å². The van der Waals surface area contributed by atoms with Gasteiger partial charge in [-0.15, -0.1) is 0 Å². The number of carbonyl (C=O) groups is 1. The van der Waals surface area contributed by atoms with Gasteiger partial charge in [0, 0.05) is 12.6 Å². The molecule has 0 atom stereocenters. The Kier molecular flexibility index (Phi) is 4.40. The van der Waals surface area contributed by atoms with Gasteiger partial charge in [0.1, 0.15) is 5.75 Å². The van der Waals surface area contributed by atoms with Gasteiger partial charge in [0.05, 0.1) is 12.3 Å². The van der Waals surface area contributed by atoms with Gasteiger partial charge in [0.2, 0.25) is 0 Å². The smallest absolute Gasteiger partial charge is 0.356 e. The largest absolute Gasteiger partial charge is 0.493 e. The summed E-state index contributed by atoms with van der Waals surface area (Å²) in [7, 11) is 1.73. The summed E-state index contributed by atoms with van der Waals surface area (Å²) in [6.07, 6.45) is 2.05. The molecule has 0 saturated carbocycles. The number of benzene rings is 1. The van der Waals surface area contributed by atoms with Crippen LogP contribution in [-0.4, -0.2) is 27.5 Å². The second kappa shape index (κ2) is 6.23. The Balaban J connectivity index is 2.34. The Morgan fingerprint density at radius 2 is 2.15 bits per heavy atom. The van der Waals surface area contributed by atoms with E-state index in [2.05, 4.69) is 12.0 Å². The highest BCUT2D eigenvalue weighted by Gasteiger charge is 2.15. The molecule has 0 amide bonds. The fraction of sp³-hybridized carbons (Fsp3) is 0.333. The molecule has 0 fully saturated rings. The van der Waals surface area contributed by atoms with Gasteiger partial charge in [0.15, 0.2) is 5.69 Å². The van der Waals surface area contributed by atoms with E-state index in [1.807, 2.05) is 24.3 Å². The lowest BCUT2D eigenvalue weighted by Gasteiger charge is -2.11. The zero-order valence-corrected chi connectivity index (χ0v) is 11.7. The van der Waals surface area contributed by atoms with Crippen LogP contribution in [0.5, 0.6) is 5.75 Å². The summed E-state index contributed by atoms with van der Waals surface area (Å²) in [6, 6.07) is 9.15. The molecule has 0 unspecified atom stereocenters. The summed E-state index contributed by atoms with van der Waals surface area (Å²) >= 11 is 0. The number of carboxylic acids is 1. The quantitative estimate of drug-likeness (QED) is 0.822. The molecular formula is C15H18N2O3. The zero-order chi connectivity index (χ0) is 14.5. The molecule has 0 aliphatic rings. The lowest BCUT2D eigenvalue weighted by Crippen LogP contribution is -2.01. The highest BCUT2D eigenvalue weighted by molar-refractivity contribution is 5.87. The molecule has 5 nitrogen and oxygen atoms in total. The predicted molar refractivity (Wildman–Crippen MR) is 76.0 cm³/mol. The lowest BCUT2D eigenvalue weighted by molar-refractivity contribution is 0.0689. The van der Waals surface area contributed by atoms with Crippen molar-refractivity contribution in [1.82, 2.24) is 9.78 Å². The minimum absolute atomic E-state index is 0.0332. The second-order valence-corrected chi connectivity index (χ2v) is 4.54. The highest BCUT2D eigenvalue weighted by Crippen LogP contribution is 2.30. The summed E-state index contributed by atoms with van der Waals surface area (Å²) in [5.41, 5.74) is 1.62. The molecule has 1 aromatic heterocycles. The first kappa shape index (κ1) is 14.1. The number of aromatic nitrogens is 2. The van der Waals surface area contributed by atoms with Crippen LogP contribution < -0.4 is 4.74 Å². The second-order valence-electron chi connectivity index (χ2n) is 4.54. The third-order valence-corrected chi connectivity index (χ3v) is 3.02. The fourth-order valence-corrected chi connectivity index (χ4v) is 1.95. The van der Waals surface area contributed by atoms with Crippen molar-refractivity contribution in [3.05, 3.63) is 36.0 Å². The van der Waals surface area contributed by atoms with Gasteiger partial charge < -0.3 is 9.84 Å². The third kappa shape index (κ3) is 2.99. The molecule has 2 aromatic rings. The van der Waals surface area contributed by atoms with E-state index in [4.69, 9.17) is 9.84 Å². The SMILES string of the molecule is CCCCOc1ccccc1-c1cc(C(=O)O)nn1C. The Morgan fingerprint density at radius 1 is 1.40 bits per heavy atom. The van der Waals surface area contributed by atoms with E-state index < -0.39 is 5.97 Å². The summed E-state index contributed by atoms with van der Waals surface area (Å²) in [4.78, 5) is 11.0. The molecule has 106 valence electrons. The molecule has 1 heterocycles. The molecule has 0 aliphatic carbocycles. The van der Waals surface area contributed by atoms with Gasteiger partial charge in [-0.25, -0.2) is 4.79 Å². The van der Waals surface area contributed by atoms with Crippen molar-refractivity contribution in [3.8, 4) is 17.0 Å². The van der Waals surface area contributed by atoms with Crippen LogP contribution in [0.25, 0.3) is 11.3 Å². The summed E-state index contributed by atoms with van der Waals surface area (Å²) in [6.45, 7) is 2.76. The van der Waals surface area contributed by atoms with E-state index in [9.17, 15) is 4.79 Å². The lowest BCUT2D eigenvalue weighted by atomic mass is 10.1. The molecule has 5 heteroatoms. The monoisotopic (exact) mass is 274 g/mol. The molecule has 20 heavy (non-hydrogen) atoms. The maximum Gasteiger partial charge on any atom is 0.356 e. The van der Waals surface area contributed by atoms with E-state index in [-0.39, 0.29) is 5.69 Å². The number of unbranched alkanes of at least 4 members (excludes halogenated alkanes) is 1. The molecular weight excluding hydrogens is 256 g/mol. The van der Waals surface area contributed by atoms with Crippen molar-refractivity contribution in [3.63, 3.8) is 0 Å². The fourth-order valence-electron chi connectivity index (χ4n) is 1.95. The van der Waals surface area contributed by atoms with E-state index >= 15 is 0 Å². The van der Waals surface area contributed by atoms with Crippen LogP contribution in [0.4, 0.5) is 0 Å². The first-order valence-corrected chi connectivity index (χ1v) is 6.63. The molecule has 0 bridgehead atoms. The average Bonchev–Trinajstić information content (AvgIpc) is 2.82. The summed E-state index contributed by atoms with van der Waals surface area (Å²) in [5, 5.41) is 13.0. The van der Waals surface area contributed by atoms with Crippen LogP contribution in [0, 0.1) is 0 Å². The number of hydrogen-bond acceptors (Lipinski definition) is 3. The number of aromatic carboxylic acids is 1. The van der Waals surface area contributed by atoms with Crippen LogP contribution in [0.1, 0.15) is 30.3 Å². The van der Waals surface area contributed by atoms with Gasteiger partial charge in [-0.05, 0) is 24.6 Å². The van der Waals surface area contributed by atoms with Gasteiger partial charge in [-0.3, -0.25) is 4.68 Å². The molecule has 0 radical (unpaired) electrons. The van der Waals surface area contributed by atoms with Crippen LogP contribution in [0.2, 0.25) is 0 Å². The van der Waals surface area contributed by atoms with E-state index in [0.29, 0.717) is 6.61 Å². The summed E-state index contributed by atoms with van der Waals surface area (Å²) in [5.74, 6) is -0.280. The van der Waals surface area contributed by atoms with Gasteiger partial charge in [-0.1, -0.05) is 25.5 Å². The Bertz CT molecular complexity index is 605.